The third kappa shape index (κ3) is 3.61. The average Bonchev–Trinajstić information content (AvgIpc) is 2.72. The summed E-state index contributed by atoms with van der Waals surface area (Å²) in [7, 11) is -3.67. The monoisotopic (exact) mass is 336 g/mol. The number of sulfonamides is 1. The first-order chi connectivity index (χ1) is 8.88. The number of nitrogens with one attached hydrogen (secondary N) is 1. The van der Waals surface area contributed by atoms with Crippen LogP contribution in [0.15, 0.2) is 35.2 Å². The largest absolute Gasteiger partial charge is 0.398 e. The van der Waals surface area contributed by atoms with Crippen LogP contribution in [0.3, 0.4) is 0 Å². The Labute approximate surface area is 125 Å². The van der Waals surface area contributed by atoms with Crippen LogP contribution in [0.4, 0.5) is 5.69 Å². The molecular formula is C11H10Cl2N2O2S2. The fourth-order valence-corrected chi connectivity index (χ4v) is 3.87. The highest BCUT2D eigenvalue weighted by atomic mass is 35.5. The van der Waals surface area contributed by atoms with Crippen LogP contribution in [0.1, 0.15) is 4.88 Å². The fourth-order valence-electron chi connectivity index (χ4n) is 1.45. The first-order valence-electron chi connectivity index (χ1n) is 5.17. The van der Waals surface area contributed by atoms with Crippen molar-refractivity contribution in [2.45, 2.75) is 11.4 Å². The number of benzene rings is 1. The second kappa shape index (κ2) is 5.68. The Bertz CT molecular complexity index is 698. The van der Waals surface area contributed by atoms with Crippen LogP contribution in [0.2, 0.25) is 9.36 Å². The van der Waals surface area contributed by atoms with Gasteiger partial charge in [-0.3, -0.25) is 0 Å². The molecule has 1 aromatic heterocycles. The maximum Gasteiger partial charge on any atom is 0.242 e. The second-order valence-electron chi connectivity index (χ2n) is 3.71. The lowest BCUT2D eigenvalue weighted by atomic mass is 10.3. The van der Waals surface area contributed by atoms with Gasteiger partial charge in [-0.15, -0.1) is 11.3 Å². The molecule has 102 valence electrons. The predicted octanol–water partition coefficient (Wildman–Crippen LogP) is 3.12. The number of nitrogen functional groups attached to an aromatic ring is 1. The van der Waals surface area contributed by atoms with E-state index in [1.807, 2.05) is 0 Å². The molecule has 4 nitrogen and oxygen atoms in total. The molecule has 0 saturated carbocycles. The van der Waals surface area contributed by atoms with Gasteiger partial charge < -0.3 is 5.73 Å². The van der Waals surface area contributed by atoms with Gasteiger partial charge in [0.15, 0.2) is 0 Å². The number of thiophene rings is 1. The molecular weight excluding hydrogens is 327 g/mol. The van der Waals surface area contributed by atoms with Crippen molar-refractivity contribution in [2.75, 3.05) is 5.73 Å². The van der Waals surface area contributed by atoms with E-state index in [4.69, 9.17) is 28.9 Å². The Hall–Kier alpha value is -0.790. The summed E-state index contributed by atoms with van der Waals surface area (Å²) in [6.07, 6.45) is 0. The zero-order valence-corrected chi connectivity index (χ0v) is 12.7. The van der Waals surface area contributed by atoms with Gasteiger partial charge in [-0.2, -0.15) is 0 Å². The summed E-state index contributed by atoms with van der Waals surface area (Å²) in [6.45, 7) is 0.168. The fraction of sp³-hybridized carbons (Fsp3) is 0.0909. The smallest absolute Gasteiger partial charge is 0.242 e. The summed E-state index contributed by atoms with van der Waals surface area (Å²) < 4.78 is 27.2. The van der Waals surface area contributed by atoms with Crippen molar-refractivity contribution in [1.82, 2.24) is 4.72 Å². The molecule has 1 aromatic carbocycles. The Morgan fingerprint density at radius 3 is 2.53 bits per heavy atom. The number of halogens is 2. The molecule has 0 aliphatic rings. The minimum atomic E-state index is -3.67. The van der Waals surface area contributed by atoms with Gasteiger partial charge in [-0.1, -0.05) is 23.2 Å². The molecule has 2 aromatic rings. The molecule has 0 fully saturated rings. The minimum absolute atomic E-state index is 0.0135. The molecule has 0 atom stereocenters. The van der Waals surface area contributed by atoms with Crippen molar-refractivity contribution in [2.24, 2.45) is 0 Å². The molecule has 0 aliphatic carbocycles. The van der Waals surface area contributed by atoms with E-state index in [2.05, 4.69) is 4.72 Å². The van der Waals surface area contributed by atoms with Gasteiger partial charge in [0.2, 0.25) is 10.0 Å². The van der Waals surface area contributed by atoms with E-state index in [1.54, 1.807) is 12.1 Å². The summed E-state index contributed by atoms with van der Waals surface area (Å²) in [6, 6.07) is 7.74. The maximum atomic E-state index is 12.1. The van der Waals surface area contributed by atoms with Gasteiger partial charge in [-0.05, 0) is 30.3 Å². The lowest BCUT2D eigenvalue weighted by Gasteiger charge is -2.08. The van der Waals surface area contributed by atoms with E-state index >= 15 is 0 Å². The molecule has 0 radical (unpaired) electrons. The molecule has 3 N–H and O–H groups in total. The van der Waals surface area contributed by atoms with Crippen LogP contribution in [-0.4, -0.2) is 8.42 Å². The van der Waals surface area contributed by atoms with Crippen molar-refractivity contribution in [3.63, 3.8) is 0 Å². The van der Waals surface area contributed by atoms with E-state index in [-0.39, 0.29) is 17.1 Å². The van der Waals surface area contributed by atoms with Crippen molar-refractivity contribution in [3.05, 3.63) is 44.6 Å². The summed E-state index contributed by atoms with van der Waals surface area (Å²) in [5.41, 5.74) is 5.77. The Morgan fingerprint density at radius 2 is 1.95 bits per heavy atom. The number of nitrogens with two attached hydrogens (primary N) is 1. The van der Waals surface area contributed by atoms with Crippen molar-refractivity contribution >= 4 is 50.2 Å². The Balaban J connectivity index is 2.18. The standard InChI is InChI=1S/C11H10Cl2N2O2S2/c12-7-1-3-10(9(14)5-7)19(16,17)15-6-8-2-4-11(13)18-8/h1-5,15H,6,14H2. The number of anilines is 1. The molecule has 1 heterocycles. The van der Waals surface area contributed by atoms with Crippen molar-refractivity contribution in [3.8, 4) is 0 Å². The highest BCUT2D eigenvalue weighted by Crippen LogP contribution is 2.24. The first-order valence-corrected chi connectivity index (χ1v) is 8.23. The van der Waals surface area contributed by atoms with Crippen LogP contribution in [0.5, 0.6) is 0 Å². The van der Waals surface area contributed by atoms with Crippen LogP contribution < -0.4 is 10.5 Å². The highest BCUT2D eigenvalue weighted by Gasteiger charge is 2.17. The number of hydrogen-bond acceptors (Lipinski definition) is 4. The number of rotatable bonds is 4. The third-order valence-corrected chi connectivity index (χ3v) is 5.27. The van der Waals surface area contributed by atoms with Crippen LogP contribution in [-0.2, 0) is 16.6 Å². The van der Waals surface area contributed by atoms with Crippen LogP contribution >= 0.6 is 34.5 Å². The normalized spacial score (nSPS) is 11.7. The van der Waals surface area contributed by atoms with Gasteiger partial charge in [-0.25, -0.2) is 13.1 Å². The SMILES string of the molecule is Nc1cc(Cl)ccc1S(=O)(=O)NCc1ccc(Cl)s1. The molecule has 19 heavy (non-hydrogen) atoms. The average molecular weight is 337 g/mol. The number of hydrogen-bond donors (Lipinski definition) is 2. The molecule has 0 unspecified atom stereocenters. The van der Waals surface area contributed by atoms with E-state index in [1.165, 1.54) is 29.5 Å². The second-order valence-corrected chi connectivity index (χ2v) is 7.68. The van der Waals surface area contributed by atoms with Crippen LogP contribution in [0, 0.1) is 0 Å². The molecule has 2 rings (SSSR count). The van der Waals surface area contributed by atoms with Gasteiger partial charge in [0, 0.05) is 16.4 Å². The summed E-state index contributed by atoms with van der Waals surface area (Å²) in [5, 5.41) is 0.390. The molecule has 0 bridgehead atoms. The lowest BCUT2D eigenvalue weighted by molar-refractivity contribution is 0.582. The summed E-state index contributed by atoms with van der Waals surface area (Å²) in [5.74, 6) is 0. The van der Waals surface area contributed by atoms with E-state index in [9.17, 15) is 8.42 Å². The Kier molecular flexibility index (Phi) is 4.37. The minimum Gasteiger partial charge on any atom is -0.398 e. The predicted molar refractivity (Wildman–Crippen MR) is 79.2 cm³/mol. The molecule has 0 amide bonds. The van der Waals surface area contributed by atoms with E-state index < -0.39 is 10.0 Å². The van der Waals surface area contributed by atoms with E-state index in [0.717, 1.165) is 4.88 Å². The van der Waals surface area contributed by atoms with E-state index in [0.29, 0.717) is 9.36 Å². The van der Waals surface area contributed by atoms with Gasteiger partial charge >= 0.3 is 0 Å². The van der Waals surface area contributed by atoms with Gasteiger partial charge in [0.25, 0.3) is 0 Å². The molecule has 0 saturated heterocycles. The summed E-state index contributed by atoms with van der Waals surface area (Å²) >= 11 is 12.8. The summed E-state index contributed by atoms with van der Waals surface area (Å²) in [4.78, 5) is 0.834. The zero-order chi connectivity index (χ0) is 14.0. The zero-order valence-electron chi connectivity index (χ0n) is 9.56. The maximum absolute atomic E-state index is 12.1. The highest BCUT2D eigenvalue weighted by molar-refractivity contribution is 7.89. The molecule has 0 aliphatic heterocycles. The first kappa shape index (κ1) is 14.6. The topological polar surface area (TPSA) is 72.2 Å². The van der Waals surface area contributed by atoms with Crippen molar-refractivity contribution < 1.29 is 8.42 Å². The Morgan fingerprint density at radius 1 is 1.21 bits per heavy atom. The quantitative estimate of drug-likeness (QED) is 0.842. The van der Waals surface area contributed by atoms with Crippen LogP contribution in [0.25, 0.3) is 0 Å². The molecule has 8 heteroatoms. The van der Waals surface area contributed by atoms with Crippen molar-refractivity contribution in [1.29, 1.82) is 0 Å². The lowest BCUT2D eigenvalue weighted by Crippen LogP contribution is -2.23. The third-order valence-electron chi connectivity index (χ3n) is 2.33. The van der Waals surface area contributed by atoms with Gasteiger partial charge in [0.1, 0.15) is 4.90 Å². The molecule has 0 spiro atoms. The van der Waals surface area contributed by atoms with Gasteiger partial charge in [0.05, 0.1) is 10.0 Å².